The van der Waals surface area contributed by atoms with Crippen LogP contribution >= 0.6 is 0 Å². The summed E-state index contributed by atoms with van der Waals surface area (Å²) in [5.41, 5.74) is 3.94. The van der Waals surface area contributed by atoms with Crippen molar-refractivity contribution in [2.24, 2.45) is 0 Å². The maximum Gasteiger partial charge on any atom is 0.180 e. The average Bonchev–Trinajstić information content (AvgIpc) is 3.06. The molecule has 7 aromatic carbocycles. The number of hydrogen-bond donors (Lipinski definition) is 0. The van der Waals surface area contributed by atoms with Crippen LogP contribution < -0.4 is 20.7 Å². The fraction of sp³-hybridized carbons (Fsp3) is 0.0500. The molecule has 7 rings (SSSR count). The van der Waals surface area contributed by atoms with Gasteiger partial charge in [0.1, 0.15) is 0 Å². The maximum atomic E-state index is 2.44. The summed E-state index contributed by atoms with van der Waals surface area (Å²) >= 11 is 0. The van der Waals surface area contributed by atoms with Crippen molar-refractivity contribution in [3.05, 3.63) is 169 Å². The third-order valence-corrected chi connectivity index (χ3v) is 13.5. The van der Waals surface area contributed by atoms with Gasteiger partial charge in [0, 0.05) is 0 Å². The van der Waals surface area contributed by atoms with Crippen molar-refractivity contribution in [2.75, 3.05) is 0 Å². The van der Waals surface area contributed by atoms with Gasteiger partial charge < -0.3 is 0 Å². The lowest BCUT2D eigenvalue weighted by molar-refractivity contribution is 1.18. The summed E-state index contributed by atoms with van der Waals surface area (Å²) in [6.07, 6.45) is 0.978. The molecule has 0 amide bonds. The molecule has 7 aromatic rings. The lowest BCUT2D eigenvalue weighted by Crippen LogP contribution is -2.75. The number of rotatable bonds is 6. The summed E-state index contributed by atoms with van der Waals surface area (Å²) in [7, 11) is -2.76. The van der Waals surface area contributed by atoms with E-state index < -0.39 is 8.07 Å². The van der Waals surface area contributed by atoms with Crippen molar-refractivity contribution in [2.45, 2.75) is 13.3 Å². The Morgan fingerprint density at radius 1 is 0.390 bits per heavy atom. The predicted molar refractivity (Wildman–Crippen MR) is 180 cm³/mol. The van der Waals surface area contributed by atoms with Gasteiger partial charge in [0.25, 0.3) is 0 Å². The minimum absolute atomic E-state index is 0.978. The van der Waals surface area contributed by atoms with E-state index in [-0.39, 0.29) is 0 Å². The van der Waals surface area contributed by atoms with Gasteiger partial charge >= 0.3 is 0 Å². The molecule has 0 N–H and O–H groups in total. The maximum absolute atomic E-state index is 2.76. The van der Waals surface area contributed by atoms with Crippen molar-refractivity contribution in [1.82, 2.24) is 0 Å². The van der Waals surface area contributed by atoms with E-state index in [2.05, 4.69) is 171 Å². The molecule has 0 heterocycles. The molecule has 0 nitrogen and oxygen atoms in total. The Morgan fingerprint density at radius 3 is 1.34 bits per heavy atom. The van der Waals surface area contributed by atoms with E-state index in [0.717, 1.165) is 6.42 Å². The molecule has 0 aliphatic heterocycles. The predicted octanol–water partition coefficient (Wildman–Crippen LogP) is 7.60. The molecule has 0 atom stereocenters. The summed E-state index contributed by atoms with van der Waals surface area (Å²) in [5.74, 6) is 0. The van der Waals surface area contributed by atoms with Crippen LogP contribution in [0.4, 0.5) is 0 Å². The van der Waals surface area contributed by atoms with Crippen molar-refractivity contribution in [1.29, 1.82) is 0 Å². The van der Waals surface area contributed by atoms with E-state index >= 15 is 0 Å². The van der Waals surface area contributed by atoms with Crippen LogP contribution in [0.3, 0.4) is 0 Å². The van der Waals surface area contributed by atoms with Crippen LogP contribution in [0, 0.1) is 0 Å². The highest BCUT2D eigenvalue weighted by atomic mass is 28.3. The number of fused-ring (bicyclic) bond motifs is 2. The Labute approximate surface area is 243 Å². The smallest absolute Gasteiger partial charge is 0.0623 e. The molecule has 0 spiro atoms. The van der Waals surface area contributed by atoms with Gasteiger partial charge in [-0.25, -0.2) is 0 Å². The quantitative estimate of drug-likeness (QED) is 0.116. The third kappa shape index (κ3) is 4.13. The molecule has 0 fully saturated rings. The van der Waals surface area contributed by atoms with Crippen molar-refractivity contribution in [3.63, 3.8) is 0 Å². The molecule has 0 unspecified atom stereocenters. The topological polar surface area (TPSA) is 0 Å². The van der Waals surface area contributed by atoms with E-state index in [1.165, 1.54) is 59.0 Å². The van der Waals surface area contributed by atoms with Crippen LogP contribution in [-0.2, 0) is 6.42 Å². The van der Waals surface area contributed by atoms with E-state index in [1.54, 1.807) is 0 Å². The summed E-state index contributed by atoms with van der Waals surface area (Å²) in [5, 5.41) is 11.1. The van der Waals surface area contributed by atoms with Crippen LogP contribution in [0.25, 0.3) is 32.7 Å². The zero-order valence-electron chi connectivity index (χ0n) is 23.3. The molecule has 0 saturated heterocycles. The zero-order valence-corrected chi connectivity index (χ0v) is 24.3. The van der Waals surface area contributed by atoms with Gasteiger partial charge in [-0.05, 0) is 71.5 Å². The second-order valence-corrected chi connectivity index (χ2v) is 14.5. The highest BCUT2D eigenvalue weighted by Crippen LogP contribution is 2.33. The Kier molecular flexibility index (Phi) is 6.58. The summed E-state index contributed by atoms with van der Waals surface area (Å²) in [6.45, 7) is 2.30. The molecule has 0 saturated carbocycles. The normalized spacial score (nSPS) is 11.6. The molecular formula is C40H32Si. The van der Waals surface area contributed by atoms with Crippen molar-refractivity contribution in [3.8, 4) is 11.1 Å². The summed E-state index contributed by atoms with van der Waals surface area (Å²) in [6, 6.07) is 60.9. The van der Waals surface area contributed by atoms with Gasteiger partial charge in [-0.3, -0.25) is 0 Å². The molecule has 0 aromatic heterocycles. The molecular weight excluding hydrogens is 509 g/mol. The molecule has 41 heavy (non-hydrogen) atoms. The summed E-state index contributed by atoms with van der Waals surface area (Å²) in [4.78, 5) is 0. The van der Waals surface area contributed by atoms with E-state index in [9.17, 15) is 0 Å². The van der Waals surface area contributed by atoms with Crippen LogP contribution in [0.2, 0.25) is 0 Å². The first kappa shape index (κ1) is 25.3. The lowest BCUT2D eigenvalue weighted by atomic mass is 9.92. The average molecular weight is 541 g/mol. The number of hydrogen-bond acceptors (Lipinski definition) is 0. The van der Waals surface area contributed by atoms with Gasteiger partial charge in [0.2, 0.25) is 0 Å². The van der Waals surface area contributed by atoms with Crippen LogP contribution in [0.15, 0.2) is 164 Å². The molecule has 0 radical (unpaired) electrons. The highest BCUT2D eigenvalue weighted by Gasteiger charge is 2.43. The minimum Gasteiger partial charge on any atom is -0.0623 e. The first-order valence-electron chi connectivity index (χ1n) is 14.5. The van der Waals surface area contributed by atoms with Crippen molar-refractivity contribution >= 4 is 50.4 Å². The van der Waals surface area contributed by atoms with E-state index in [0.29, 0.717) is 0 Å². The molecule has 0 aliphatic rings. The van der Waals surface area contributed by atoms with Gasteiger partial charge in [-0.15, -0.1) is 0 Å². The highest BCUT2D eigenvalue weighted by molar-refractivity contribution is 7.21. The van der Waals surface area contributed by atoms with Gasteiger partial charge in [-0.2, -0.15) is 0 Å². The van der Waals surface area contributed by atoms with E-state index in [1.807, 2.05) is 0 Å². The van der Waals surface area contributed by atoms with Gasteiger partial charge in [0.15, 0.2) is 8.07 Å². The molecule has 0 aliphatic carbocycles. The van der Waals surface area contributed by atoms with Gasteiger partial charge in [-0.1, -0.05) is 165 Å². The Bertz CT molecular complexity index is 1850. The third-order valence-electron chi connectivity index (χ3n) is 8.59. The van der Waals surface area contributed by atoms with Crippen LogP contribution in [-0.4, -0.2) is 8.07 Å². The second-order valence-electron chi connectivity index (χ2n) is 10.7. The Balaban J connectivity index is 1.72. The zero-order chi connectivity index (χ0) is 27.6. The fourth-order valence-electron chi connectivity index (χ4n) is 6.86. The first-order chi connectivity index (χ1) is 20.3. The fourth-order valence-corrected chi connectivity index (χ4v) is 12.0. The van der Waals surface area contributed by atoms with Gasteiger partial charge in [0.05, 0.1) is 0 Å². The summed E-state index contributed by atoms with van der Waals surface area (Å²) < 4.78 is 0. The minimum atomic E-state index is -2.76. The van der Waals surface area contributed by atoms with E-state index in [4.69, 9.17) is 0 Å². The molecule has 196 valence electrons. The van der Waals surface area contributed by atoms with Crippen molar-refractivity contribution < 1.29 is 0 Å². The number of aryl methyl sites for hydroxylation is 1. The first-order valence-corrected chi connectivity index (χ1v) is 16.5. The largest absolute Gasteiger partial charge is 0.180 e. The molecule has 1 heteroatoms. The lowest BCUT2D eigenvalue weighted by Gasteiger charge is -2.37. The Morgan fingerprint density at radius 2 is 0.829 bits per heavy atom. The SMILES string of the molecule is CCc1c2ccccc2c([Si](c2ccccc2)(c2ccccc2)c2ccccc2)c2ccc(-c3ccccc3)cc12. The monoisotopic (exact) mass is 540 g/mol. The van der Waals surface area contributed by atoms with Crippen LogP contribution in [0.1, 0.15) is 12.5 Å². The van der Waals surface area contributed by atoms with Crippen LogP contribution in [0.5, 0.6) is 0 Å². The molecule has 0 bridgehead atoms. The Hall–Kier alpha value is -4.72. The number of benzene rings is 7. The second kappa shape index (κ2) is 10.7. The standard InChI is InChI=1S/C40H32Si/c1-2-35-36-25-15-16-26-37(36)40(38-28-27-31(29-39(35)38)30-17-7-3-8-18-30)41(32-19-9-4-10-20-32,33-21-11-5-12-22-33)34-23-13-6-14-24-34/h3-29H,2H2,1H3.